The van der Waals surface area contributed by atoms with E-state index in [2.05, 4.69) is 75.0 Å². The van der Waals surface area contributed by atoms with E-state index in [1.807, 2.05) is 42.5 Å². The Balaban J connectivity index is 1.51. The quantitative estimate of drug-likeness (QED) is 0.119. The number of hydrogen-bond donors (Lipinski definition) is 2. The molecule has 14 heteroatoms. The molecule has 1 aliphatic rings. The Kier molecular flexibility index (Phi) is 12.7. The van der Waals surface area contributed by atoms with Crippen LogP contribution in [-0.2, 0) is 24.7 Å². The third-order valence-corrected chi connectivity index (χ3v) is 17.7. The molecule has 5 unspecified atom stereocenters. The summed E-state index contributed by atoms with van der Waals surface area (Å²) in [6.07, 6.45) is -1.06. The van der Waals surface area contributed by atoms with Crippen LogP contribution in [-0.4, -0.2) is 70.4 Å². The maximum absolute atomic E-state index is 13.6. The van der Waals surface area contributed by atoms with Gasteiger partial charge in [0.25, 0.3) is 14.2 Å². The summed E-state index contributed by atoms with van der Waals surface area (Å²) < 4.78 is 43.4. The summed E-state index contributed by atoms with van der Waals surface area (Å²) in [5, 5.41) is 3.98. The fourth-order valence-corrected chi connectivity index (χ4v) is 15.4. The maximum atomic E-state index is 13.6. The van der Waals surface area contributed by atoms with E-state index in [0.29, 0.717) is 5.56 Å². The predicted molar refractivity (Wildman–Crippen MR) is 210 cm³/mol. The Bertz CT molecular complexity index is 1800. The van der Waals surface area contributed by atoms with Crippen LogP contribution in [0.3, 0.4) is 0 Å². The maximum Gasteiger partial charge on any atom is 0.351 e. The average molecular weight is 766 g/mol. The van der Waals surface area contributed by atoms with E-state index in [9.17, 15) is 18.4 Å². The number of ether oxygens (including phenoxy) is 1. The van der Waals surface area contributed by atoms with Gasteiger partial charge in [0, 0.05) is 19.8 Å². The van der Waals surface area contributed by atoms with E-state index < -0.39 is 63.0 Å². The molecule has 51 heavy (non-hydrogen) atoms. The topological polar surface area (TPSA) is 129 Å². The van der Waals surface area contributed by atoms with Crippen molar-refractivity contribution in [2.45, 2.75) is 75.2 Å². The summed E-state index contributed by atoms with van der Waals surface area (Å²) in [6, 6.07) is 31.6. The molecule has 3 aromatic carbocycles. The molecule has 1 fully saturated rings. The Morgan fingerprint density at radius 3 is 2.04 bits per heavy atom. The SMILES string of the molecule is CC(C)(C)[Si](OCC1OC(n2ccc(NC(=O)c3ccccc3)nc2=O)C(SCC[Si](C)(C)C)C1OS(=O)O)(c1ccccc1)c1ccccc1. The molecule has 4 aromatic rings. The first kappa shape index (κ1) is 39.0. The minimum atomic E-state index is -3.02. The van der Waals surface area contributed by atoms with Crippen LogP contribution < -0.4 is 21.4 Å². The molecule has 0 bridgehead atoms. The molecule has 2 heterocycles. The number of carbonyl (C=O) groups is 1. The molecular weight excluding hydrogens is 719 g/mol. The molecule has 0 saturated carbocycles. The van der Waals surface area contributed by atoms with Crippen LogP contribution in [0, 0.1) is 0 Å². The van der Waals surface area contributed by atoms with Crippen LogP contribution in [0.2, 0.25) is 30.7 Å². The predicted octanol–water partition coefficient (Wildman–Crippen LogP) is 5.93. The second-order valence-electron chi connectivity index (χ2n) is 14.8. The molecule has 2 N–H and O–H groups in total. The van der Waals surface area contributed by atoms with Crippen molar-refractivity contribution in [2.24, 2.45) is 0 Å². The second kappa shape index (κ2) is 16.6. The zero-order chi connectivity index (χ0) is 36.8. The van der Waals surface area contributed by atoms with Crippen LogP contribution in [0.4, 0.5) is 5.82 Å². The summed E-state index contributed by atoms with van der Waals surface area (Å²) in [7, 11) is -4.47. The average Bonchev–Trinajstić information content (AvgIpc) is 3.40. The monoisotopic (exact) mass is 765 g/mol. The molecule has 5 rings (SSSR count). The summed E-state index contributed by atoms with van der Waals surface area (Å²) in [5.74, 6) is 0.451. The first-order valence-electron chi connectivity index (χ1n) is 17.0. The Morgan fingerprint density at radius 1 is 0.961 bits per heavy atom. The van der Waals surface area contributed by atoms with Gasteiger partial charge in [-0.15, -0.1) is 0 Å². The zero-order valence-corrected chi connectivity index (χ0v) is 33.5. The highest BCUT2D eigenvalue weighted by Gasteiger charge is 2.53. The van der Waals surface area contributed by atoms with E-state index >= 15 is 0 Å². The minimum absolute atomic E-state index is 0.0458. The van der Waals surface area contributed by atoms with Crippen molar-refractivity contribution < 1.29 is 26.9 Å². The van der Waals surface area contributed by atoms with Crippen molar-refractivity contribution in [1.82, 2.24) is 9.55 Å². The molecular formula is C37H47N3O7S2Si2. The van der Waals surface area contributed by atoms with Gasteiger partial charge in [-0.05, 0) is 45.4 Å². The molecule has 1 saturated heterocycles. The van der Waals surface area contributed by atoms with Crippen molar-refractivity contribution in [3.8, 4) is 0 Å². The van der Waals surface area contributed by atoms with Gasteiger partial charge < -0.3 is 14.5 Å². The van der Waals surface area contributed by atoms with Crippen molar-refractivity contribution in [3.63, 3.8) is 0 Å². The molecule has 10 nitrogen and oxygen atoms in total. The van der Waals surface area contributed by atoms with Crippen LogP contribution >= 0.6 is 11.8 Å². The number of nitrogens with one attached hydrogen (secondary N) is 1. The largest absolute Gasteiger partial charge is 0.405 e. The first-order chi connectivity index (χ1) is 24.2. The van der Waals surface area contributed by atoms with Gasteiger partial charge in [0.15, 0.2) is 6.23 Å². The lowest BCUT2D eigenvalue weighted by Gasteiger charge is -2.43. The summed E-state index contributed by atoms with van der Waals surface area (Å²) in [5.41, 5.74) is -0.207. The van der Waals surface area contributed by atoms with Crippen LogP contribution in [0.15, 0.2) is 108 Å². The van der Waals surface area contributed by atoms with Crippen LogP contribution in [0.25, 0.3) is 0 Å². The van der Waals surface area contributed by atoms with Crippen molar-refractivity contribution in [1.29, 1.82) is 0 Å². The highest BCUT2D eigenvalue weighted by molar-refractivity contribution is 8.00. The van der Waals surface area contributed by atoms with Gasteiger partial charge >= 0.3 is 17.1 Å². The molecule has 1 amide bonds. The molecule has 0 spiro atoms. The number of hydrogen-bond acceptors (Lipinski definition) is 8. The third kappa shape index (κ3) is 9.42. The lowest BCUT2D eigenvalue weighted by Crippen LogP contribution is -2.67. The molecule has 1 aromatic heterocycles. The van der Waals surface area contributed by atoms with E-state index in [-0.39, 0.29) is 17.5 Å². The van der Waals surface area contributed by atoms with Crippen molar-refractivity contribution in [2.75, 3.05) is 17.7 Å². The lowest BCUT2D eigenvalue weighted by atomic mass is 10.2. The summed E-state index contributed by atoms with van der Waals surface area (Å²) in [4.78, 5) is 30.6. The number of carbonyl (C=O) groups excluding carboxylic acids is 1. The van der Waals surface area contributed by atoms with Gasteiger partial charge in [-0.3, -0.25) is 18.1 Å². The molecule has 5 atom stereocenters. The molecule has 1 aliphatic heterocycles. The number of thioether (sulfide) groups is 1. The van der Waals surface area contributed by atoms with E-state index in [1.54, 1.807) is 42.1 Å². The number of anilines is 1. The number of nitrogens with zero attached hydrogens (tertiary/aromatic N) is 2. The third-order valence-electron chi connectivity index (χ3n) is 8.90. The van der Waals surface area contributed by atoms with Gasteiger partial charge in [-0.1, -0.05) is 119 Å². The van der Waals surface area contributed by atoms with Gasteiger partial charge in [0.05, 0.1) is 11.9 Å². The lowest BCUT2D eigenvalue weighted by molar-refractivity contribution is -0.0379. The van der Waals surface area contributed by atoms with Crippen molar-refractivity contribution >= 4 is 61.6 Å². The summed E-state index contributed by atoms with van der Waals surface area (Å²) in [6.45, 7) is 13.4. The fraction of sp³-hybridized carbons (Fsp3) is 0.378. The fourth-order valence-electron chi connectivity index (χ4n) is 6.38. The van der Waals surface area contributed by atoms with Crippen molar-refractivity contribution in [3.05, 3.63) is 119 Å². The number of rotatable bonds is 14. The first-order valence-corrected chi connectivity index (χ1v) is 24.6. The summed E-state index contributed by atoms with van der Waals surface area (Å²) >= 11 is -1.06. The molecule has 272 valence electrons. The molecule has 0 radical (unpaired) electrons. The smallest absolute Gasteiger partial charge is 0.351 e. The minimum Gasteiger partial charge on any atom is -0.405 e. The van der Waals surface area contributed by atoms with Gasteiger partial charge in [-0.2, -0.15) is 21.0 Å². The number of amides is 1. The van der Waals surface area contributed by atoms with Gasteiger partial charge in [-0.25, -0.2) is 4.79 Å². The number of benzene rings is 3. The zero-order valence-electron chi connectivity index (χ0n) is 29.9. The number of aromatic nitrogens is 2. The molecule has 0 aliphatic carbocycles. The Hall–Kier alpha value is -3.22. The van der Waals surface area contributed by atoms with Crippen LogP contribution in [0.5, 0.6) is 0 Å². The Labute approximate surface area is 309 Å². The van der Waals surface area contributed by atoms with Gasteiger partial charge in [0.1, 0.15) is 18.0 Å². The normalized spacial score (nSPS) is 20.2. The van der Waals surface area contributed by atoms with E-state index in [4.69, 9.17) is 13.3 Å². The Morgan fingerprint density at radius 2 is 1.53 bits per heavy atom. The van der Waals surface area contributed by atoms with Crippen LogP contribution in [0.1, 0.15) is 37.4 Å². The van der Waals surface area contributed by atoms with E-state index in [0.717, 1.165) is 22.2 Å². The van der Waals surface area contributed by atoms with Gasteiger partial charge in [0.2, 0.25) is 0 Å². The highest BCUT2D eigenvalue weighted by atomic mass is 32.2. The standard InChI is InChI=1S/C37H47N3O7S2Si2/c1-37(2,3)51(28-18-12-8-13-19-28,29-20-14-9-15-21-29)45-26-30-32(47-49(43)44)33(48-24-25-50(4,5)6)35(46-30)40-23-22-31(39-36(40)42)38-34(41)27-16-10-7-11-17-27/h7-23,30,32-33,35H,24-26H2,1-6H3,(H,43,44)(H,38,39,41,42). The van der Waals surface area contributed by atoms with E-state index in [1.165, 1.54) is 10.8 Å². The second-order valence-corrected chi connectivity index (χ2v) is 26.6. The highest BCUT2D eigenvalue weighted by Crippen LogP contribution is 2.42.